The summed E-state index contributed by atoms with van der Waals surface area (Å²) < 4.78 is 32.5. The second kappa shape index (κ2) is 7.37. The van der Waals surface area contributed by atoms with Gasteiger partial charge in [0.2, 0.25) is 0 Å². The summed E-state index contributed by atoms with van der Waals surface area (Å²) in [6.07, 6.45) is 2.30. The maximum Gasteiger partial charge on any atom is 0.261 e. The molecule has 1 amide bonds. The van der Waals surface area contributed by atoms with Crippen molar-refractivity contribution >= 4 is 21.6 Å². The summed E-state index contributed by atoms with van der Waals surface area (Å²) in [6.45, 7) is 1.99. The molecule has 7 heteroatoms. The average Bonchev–Trinajstić information content (AvgIpc) is 3.47. The lowest BCUT2D eigenvalue weighted by Gasteiger charge is -2.13. The fourth-order valence-corrected chi connectivity index (χ4v) is 3.72. The van der Waals surface area contributed by atoms with Crippen LogP contribution in [0.25, 0.3) is 0 Å². The molecule has 3 rings (SSSR count). The first kappa shape index (κ1) is 18.3. The van der Waals surface area contributed by atoms with Gasteiger partial charge in [0.1, 0.15) is 5.75 Å². The average molecular weight is 374 g/mol. The van der Waals surface area contributed by atoms with E-state index in [-0.39, 0.29) is 16.8 Å². The van der Waals surface area contributed by atoms with Crippen LogP contribution >= 0.6 is 0 Å². The van der Waals surface area contributed by atoms with Gasteiger partial charge in [0, 0.05) is 17.3 Å². The van der Waals surface area contributed by atoms with E-state index in [4.69, 9.17) is 4.74 Å². The standard InChI is InChI=1S/C19H22N2O4S/c1-13(14-3-4-14)20-19(22)15-5-11-18(12-6-15)26(23,24)21-16-7-9-17(25-2)10-8-16/h5-14,21H,3-4H2,1-2H3,(H,20,22). The number of ether oxygens (including phenoxy) is 1. The van der Waals surface area contributed by atoms with E-state index in [0.717, 1.165) is 12.8 Å². The van der Waals surface area contributed by atoms with Crippen LogP contribution in [0.1, 0.15) is 30.1 Å². The molecular formula is C19H22N2O4S. The van der Waals surface area contributed by atoms with Crippen LogP contribution in [0, 0.1) is 5.92 Å². The molecule has 2 aromatic carbocycles. The molecule has 0 spiro atoms. The Morgan fingerprint density at radius 2 is 1.69 bits per heavy atom. The second-order valence-corrected chi connectivity index (χ2v) is 8.14. The van der Waals surface area contributed by atoms with E-state index in [9.17, 15) is 13.2 Å². The van der Waals surface area contributed by atoms with Crippen molar-refractivity contribution in [1.29, 1.82) is 0 Å². The van der Waals surface area contributed by atoms with Crippen LogP contribution in [0.15, 0.2) is 53.4 Å². The first-order valence-corrected chi connectivity index (χ1v) is 9.95. The maximum atomic E-state index is 12.5. The predicted molar refractivity (Wildman–Crippen MR) is 99.9 cm³/mol. The highest BCUT2D eigenvalue weighted by atomic mass is 32.2. The largest absolute Gasteiger partial charge is 0.497 e. The molecule has 0 bridgehead atoms. The van der Waals surface area contributed by atoms with E-state index in [2.05, 4.69) is 10.0 Å². The minimum Gasteiger partial charge on any atom is -0.497 e. The number of carbonyl (C=O) groups excluding carboxylic acids is 1. The number of sulfonamides is 1. The van der Waals surface area contributed by atoms with E-state index in [1.807, 2.05) is 6.92 Å². The lowest BCUT2D eigenvalue weighted by molar-refractivity contribution is 0.0935. The van der Waals surface area contributed by atoms with Crippen molar-refractivity contribution in [3.05, 3.63) is 54.1 Å². The van der Waals surface area contributed by atoms with Crippen LogP contribution in [0.2, 0.25) is 0 Å². The van der Waals surface area contributed by atoms with Crippen molar-refractivity contribution in [3.8, 4) is 5.75 Å². The van der Waals surface area contributed by atoms with Crippen LogP contribution in [0.4, 0.5) is 5.69 Å². The Hall–Kier alpha value is -2.54. The van der Waals surface area contributed by atoms with Crippen molar-refractivity contribution in [2.45, 2.75) is 30.7 Å². The van der Waals surface area contributed by atoms with Crippen molar-refractivity contribution in [1.82, 2.24) is 5.32 Å². The Morgan fingerprint density at radius 1 is 1.08 bits per heavy atom. The summed E-state index contributed by atoms with van der Waals surface area (Å²) in [5, 5.41) is 2.95. The molecule has 0 saturated heterocycles. The van der Waals surface area contributed by atoms with Crippen LogP contribution in [-0.2, 0) is 10.0 Å². The number of nitrogens with one attached hydrogen (secondary N) is 2. The highest BCUT2D eigenvalue weighted by Crippen LogP contribution is 2.32. The van der Waals surface area contributed by atoms with Gasteiger partial charge in [-0.3, -0.25) is 9.52 Å². The zero-order valence-electron chi connectivity index (χ0n) is 14.7. The summed E-state index contributed by atoms with van der Waals surface area (Å²) >= 11 is 0. The van der Waals surface area contributed by atoms with E-state index in [0.29, 0.717) is 22.9 Å². The smallest absolute Gasteiger partial charge is 0.261 e. The number of hydrogen-bond donors (Lipinski definition) is 2. The minimum absolute atomic E-state index is 0.0973. The highest BCUT2D eigenvalue weighted by molar-refractivity contribution is 7.92. The predicted octanol–water partition coefficient (Wildman–Crippen LogP) is 3.02. The van der Waals surface area contributed by atoms with E-state index >= 15 is 0 Å². The maximum absolute atomic E-state index is 12.5. The molecule has 0 aromatic heterocycles. The third-order valence-electron chi connectivity index (χ3n) is 4.46. The lowest BCUT2D eigenvalue weighted by Crippen LogP contribution is -2.33. The van der Waals surface area contributed by atoms with Gasteiger partial charge in [-0.25, -0.2) is 8.42 Å². The molecule has 1 aliphatic rings. The Kier molecular flexibility index (Phi) is 5.18. The van der Waals surface area contributed by atoms with Crippen LogP contribution in [0.3, 0.4) is 0 Å². The fourth-order valence-electron chi connectivity index (χ4n) is 2.66. The Morgan fingerprint density at radius 3 is 2.23 bits per heavy atom. The van der Waals surface area contributed by atoms with Crippen LogP contribution in [-0.4, -0.2) is 27.5 Å². The van der Waals surface area contributed by atoms with Gasteiger partial charge in [-0.05, 0) is 74.2 Å². The number of benzene rings is 2. The zero-order valence-corrected chi connectivity index (χ0v) is 15.5. The molecule has 2 aromatic rings. The van der Waals surface area contributed by atoms with E-state index < -0.39 is 10.0 Å². The summed E-state index contributed by atoms with van der Waals surface area (Å²) in [4.78, 5) is 12.3. The molecule has 0 aliphatic heterocycles. The molecular weight excluding hydrogens is 352 g/mol. The third kappa shape index (κ3) is 4.35. The summed E-state index contributed by atoms with van der Waals surface area (Å²) in [5.41, 5.74) is 0.881. The third-order valence-corrected chi connectivity index (χ3v) is 5.85. The van der Waals surface area contributed by atoms with Crippen LogP contribution < -0.4 is 14.8 Å². The topological polar surface area (TPSA) is 84.5 Å². The van der Waals surface area contributed by atoms with Crippen molar-refractivity contribution in [2.24, 2.45) is 5.92 Å². The lowest BCUT2D eigenvalue weighted by atomic mass is 10.1. The van der Waals surface area contributed by atoms with Crippen molar-refractivity contribution in [3.63, 3.8) is 0 Å². The fraction of sp³-hybridized carbons (Fsp3) is 0.316. The molecule has 1 saturated carbocycles. The molecule has 1 unspecified atom stereocenters. The molecule has 0 heterocycles. The first-order valence-electron chi connectivity index (χ1n) is 8.47. The monoisotopic (exact) mass is 374 g/mol. The Balaban J connectivity index is 1.68. The number of hydrogen-bond acceptors (Lipinski definition) is 4. The molecule has 2 N–H and O–H groups in total. The van der Waals surface area contributed by atoms with E-state index in [1.54, 1.807) is 31.4 Å². The van der Waals surface area contributed by atoms with Gasteiger partial charge in [0.15, 0.2) is 0 Å². The van der Waals surface area contributed by atoms with Gasteiger partial charge in [0.25, 0.3) is 15.9 Å². The normalized spacial score (nSPS) is 15.2. The number of amides is 1. The minimum atomic E-state index is -3.72. The molecule has 26 heavy (non-hydrogen) atoms. The number of anilines is 1. The molecule has 1 fully saturated rings. The SMILES string of the molecule is COc1ccc(NS(=O)(=O)c2ccc(C(=O)NC(C)C3CC3)cc2)cc1. The first-order chi connectivity index (χ1) is 12.4. The van der Waals surface area contributed by atoms with E-state index in [1.165, 1.54) is 24.3 Å². The molecule has 1 aliphatic carbocycles. The summed E-state index contributed by atoms with van der Waals surface area (Å²) in [7, 11) is -2.18. The van der Waals surface area contributed by atoms with Crippen LogP contribution in [0.5, 0.6) is 5.75 Å². The number of carbonyl (C=O) groups is 1. The van der Waals surface area contributed by atoms with Crippen molar-refractivity contribution < 1.29 is 17.9 Å². The van der Waals surface area contributed by atoms with Gasteiger partial charge < -0.3 is 10.1 Å². The molecule has 6 nitrogen and oxygen atoms in total. The molecule has 138 valence electrons. The summed E-state index contributed by atoms with van der Waals surface area (Å²) in [5.74, 6) is 1.02. The molecule has 0 radical (unpaired) electrons. The number of methoxy groups -OCH3 is 1. The van der Waals surface area contributed by atoms with Gasteiger partial charge in [-0.1, -0.05) is 0 Å². The highest BCUT2D eigenvalue weighted by Gasteiger charge is 2.29. The van der Waals surface area contributed by atoms with Gasteiger partial charge in [-0.2, -0.15) is 0 Å². The second-order valence-electron chi connectivity index (χ2n) is 6.46. The Labute approximate surface area is 153 Å². The van der Waals surface area contributed by atoms with Gasteiger partial charge in [-0.15, -0.1) is 0 Å². The quantitative estimate of drug-likeness (QED) is 0.780. The zero-order chi connectivity index (χ0) is 18.7. The van der Waals surface area contributed by atoms with Gasteiger partial charge in [0.05, 0.1) is 12.0 Å². The number of rotatable bonds is 7. The summed E-state index contributed by atoms with van der Waals surface area (Å²) in [6, 6.07) is 12.6. The Bertz CT molecular complexity index is 873. The van der Waals surface area contributed by atoms with Crippen molar-refractivity contribution in [2.75, 3.05) is 11.8 Å². The molecule has 1 atom stereocenters. The van der Waals surface area contributed by atoms with Gasteiger partial charge >= 0.3 is 0 Å².